The first-order valence-electron chi connectivity index (χ1n) is 7.49. The Balaban J connectivity index is 1.76. The molecule has 1 atom stereocenters. The van der Waals surface area contributed by atoms with E-state index in [1.54, 1.807) is 0 Å². The summed E-state index contributed by atoms with van der Waals surface area (Å²) in [4.78, 5) is 25.8. The van der Waals surface area contributed by atoms with Gasteiger partial charge in [-0.1, -0.05) is 36.4 Å². The highest BCUT2D eigenvalue weighted by Crippen LogP contribution is 2.24. The van der Waals surface area contributed by atoms with E-state index in [0.29, 0.717) is 6.42 Å². The molecule has 3 rings (SSSR count). The van der Waals surface area contributed by atoms with Crippen molar-refractivity contribution in [2.75, 3.05) is 6.61 Å². The third-order valence-corrected chi connectivity index (χ3v) is 4.06. The number of amides is 2. The fourth-order valence-electron chi connectivity index (χ4n) is 2.93. The quantitative estimate of drug-likeness (QED) is 0.857. The van der Waals surface area contributed by atoms with Crippen LogP contribution in [-0.2, 0) is 16.0 Å². The fraction of sp³-hybridized carbons (Fsp3) is 0.412. The van der Waals surface area contributed by atoms with Crippen LogP contribution in [0.2, 0.25) is 0 Å². The van der Waals surface area contributed by atoms with E-state index >= 15 is 0 Å². The Hall–Kier alpha value is -2.10. The van der Waals surface area contributed by atoms with Gasteiger partial charge >= 0.3 is 6.09 Å². The number of ether oxygens (including phenoxy) is 1. The van der Waals surface area contributed by atoms with Crippen molar-refractivity contribution >= 4 is 12.0 Å². The lowest BCUT2D eigenvalue weighted by Gasteiger charge is -2.22. The lowest BCUT2D eigenvalue weighted by atomic mass is 9.97. The van der Waals surface area contributed by atoms with Crippen LogP contribution < -0.4 is 0 Å². The van der Waals surface area contributed by atoms with Gasteiger partial charge in [0.05, 0.1) is 6.04 Å². The van der Waals surface area contributed by atoms with E-state index in [2.05, 4.69) is 0 Å². The Kier molecular flexibility index (Phi) is 4.04. The molecule has 21 heavy (non-hydrogen) atoms. The van der Waals surface area contributed by atoms with Gasteiger partial charge in [0.1, 0.15) is 6.61 Å². The average Bonchev–Trinajstić information content (AvgIpc) is 2.89. The lowest BCUT2D eigenvalue weighted by Crippen LogP contribution is -2.41. The molecule has 0 saturated carbocycles. The zero-order valence-corrected chi connectivity index (χ0v) is 12.0. The summed E-state index contributed by atoms with van der Waals surface area (Å²) in [5, 5.41) is 0. The lowest BCUT2D eigenvalue weighted by molar-refractivity contribution is -0.125. The predicted octanol–water partition coefficient (Wildman–Crippen LogP) is 3.08. The Labute approximate surface area is 124 Å². The van der Waals surface area contributed by atoms with Crippen molar-refractivity contribution in [1.29, 1.82) is 0 Å². The number of nitrogens with zero attached hydrogens (tertiary/aromatic N) is 1. The van der Waals surface area contributed by atoms with Gasteiger partial charge in [-0.25, -0.2) is 9.69 Å². The number of imide groups is 1. The Morgan fingerprint density at radius 2 is 2.05 bits per heavy atom. The molecule has 1 saturated heterocycles. The van der Waals surface area contributed by atoms with Crippen molar-refractivity contribution in [1.82, 2.24) is 4.90 Å². The third kappa shape index (κ3) is 2.99. The summed E-state index contributed by atoms with van der Waals surface area (Å²) in [7, 11) is 0. The minimum Gasteiger partial charge on any atom is -0.447 e. The van der Waals surface area contributed by atoms with Crippen LogP contribution in [0.1, 0.15) is 31.2 Å². The predicted molar refractivity (Wildman–Crippen MR) is 78.7 cm³/mol. The van der Waals surface area contributed by atoms with Crippen LogP contribution in [0.4, 0.5) is 4.79 Å². The molecule has 1 heterocycles. The molecule has 0 radical (unpaired) electrons. The molecular formula is C17H19NO3. The molecule has 2 amide bonds. The molecule has 1 aliphatic carbocycles. The van der Waals surface area contributed by atoms with E-state index in [-0.39, 0.29) is 18.6 Å². The van der Waals surface area contributed by atoms with Gasteiger partial charge in [-0.2, -0.15) is 0 Å². The van der Waals surface area contributed by atoms with Gasteiger partial charge in [-0.15, -0.1) is 0 Å². The Morgan fingerprint density at radius 3 is 2.76 bits per heavy atom. The van der Waals surface area contributed by atoms with Crippen LogP contribution in [0.15, 0.2) is 42.0 Å². The second kappa shape index (κ2) is 6.12. The Morgan fingerprint density at radius 1 is 1.24 bits per heavy atom. The topological polar surface area (TPSA) is 46.6 Å². The first-order valence-corrected chi connectivity index (χ1v) is 7.49. The van der Waals surface area contributed by atoms with Crippen molar-refractivity contribution in [3.05, 3.63) is 47.5 Å². The van der Waals surface area contributed by atoms with Crippen LogP contribution in [0.25, 0.3) is 0 Å². The maximum atomic E-state index is 12.6. The largest absolute Gasteiger partial charge is 0.447 e. The summed E-state index contributed by atoms with van der Waals surface area (Å²) >= 11 is 0. The molecule has 1 unspecified atom stereocenters. The molecule has 110 valence electrons. The number of carbonyl (C=O) groups excluding carboxylic acids is 2. The molecule has 1 aliphatic heterocycles. The van der Waals surface area contributed by atoms with Gasteiger partial charge in [-0.05, 0) is 37.7 Å². The zero-order valence-electron chi connectivity index (χ0n) is 12.0. The van der Waals surface area contributed by atoms with Crippen molar-refractivity contribution < 1.29 is 14.3 Å². The summed E-state index contributed by atoms with van der Waals surface area (Å²) in [6.45, 7) is 0.284. The minimum atomic E-state index is -0.507. The zero-order chi connectivity index (χ0) is 14.7. The van der Waals surface area contributed by atoms with Gasteiger partial charge in [0, 0.05) is 5.57 Å². The van der Waals surface area contributed by atoms with Crippen LogP contribution in [0, 0.1) is 0 Å². The highest BCUT2D eigenvalue weighted by molar-refractivity contribution is 6.03. The van der Waals surface area contributed by atoms with Crippen LogP contribution in [0.3, 0.4) is 0 Å². The number of rotatable bonds is 3. The van der Waals surface area contributed by atoms with Crippen molar-refractivity contribution in [3.63, 3.8) is 0 Å². The second-order valence-electron chi connectivity index (χ2n) is 5.57. The van der Waals surface area contributed by atoms with E-state index in [1.807, 2.05) is 36.4 Å². The summed E-state index contributed by atoms with van der Waals surface area (Å²) in [6, 6.07) is 9.69. The molecule has 1 aromatic rings. The van der Waals surface area contributed by atoms with Gasteiger partial charge in [-0.3, -0.25) is 4.79 Å². The SMILES string of the molecule is O=C1OCC(Cc2ccccc2)N1C(=O)C1=CCCCC1. The number of allylic oxidation sites excluding steroid dienone is 1. The molecule has 0 bridgehead atoms. The number of hydrogen-bond donors (Lipinski definition) is 0. The number of carbonyl (C=O) groups is 2. The van der Waals surface area contributed by atoms with Gasteiger partial charge in [0.25, 0.3) is 5.91 Å². The fourth-order valence-corrected chi connectivity index (χ4v) is 2.93. The third-order valence-electron chi connectivity index (χ3n) is 4.06. The van der Waals surface area contributed by atoms with E-state index < -0.39 is 6.09 Å². The molecule has 0 aromatic heterocycles. The van der Waals surface area contributed by atoms with Crippen LogP contribution in [-0.4, -0.2) is 29.5 Å². The van der Waals surface area contributed by atoms with E-state index in [9.17, 15) is 9.59 Å². The van der Waals surface area contributed by atoms with E-state index in [4.69, 9.17) is 4.74 Å². The summed E-state index contributed by atoms with van der Waals surface area (Å²) in [6.07, 6.45) is 5.93. The minimum absolute atomic E-state index is 0.168. The van der Waals surface area contributed by atoms with Crippen molar-refractivity contribution in [2.45, 2.75) is 38.1 Å². The first kappa shape index (κ1) is 13.9. The summed E-state index contributed by atoms with van der Waals surface area (Å²) in [5.74, 6) is -0.168. The maximum Gasteiger partial charge on any atom is 0.417 e. The van der Waals surface area contributed by atoms with Crippen LogP contribution >= 0.6 is 0 Å². The molecule has 0 spiro atoms. The molecule has 0 N–H and O–H groups in total. The number of cyclic esters (lactones) is 1. The average molecular weight is 285 g/mol. The number of benzene rings is 1. The highest BCUT2D eigenvalue weighted by Gasteiger charge is 2.39. The molecule has 1 fully saturated rings. The molecule has 4 nitrogen and oxygen atoms in total. The molecule has 1 aromatic carbocycles. The molecular weight excluding hydrogens is 266 g/mol. The first-order chi connectivity index (χ1) is 10.3. The van der Waals surface area contributed by atoms with E-state index in [0.717, 1.165) is 36.8 Å². The Bertz CT molecular complexity index is 565. The van der Waals surface area contributed by atoms with Crippen LogP contribution in [0.5, 0.6) is 0 Å². The summed E-state index contributed by atoms with van der Waals surface area (Å²) in [5.41, 5.74) is 1.87. The van der Waals surface area contributed by atoms with Gasteiger partial charge < -0.3 is 4.74 Å². The number of hydrogen-bond acceptors (Lipinski definition) is 3. The van der Waals surface area contributed by atoms with Crippen molar-refractivity contribution in [3.8, 4) is 0 Å². The standard InChI is InChI=1S/C17H19NO3/c19-16(14-9-5-2-6-10-14)18-15(12-21-17(18)20)11-13-7-3-1-4-8-13/h1,3-4,7-9,15H,2,5-6,10-12H2. The highest BCUT2D eigenvalue weighted by atomic mass is 16.6. The normalized spacial score (nSPS) is 21.9. The van der Waals surface area contributed by atoms with Gasteiger partial charge in [0.2, 0.25) is 0 Å². The monoisotopic (exact) mass is 285 g/mol. The second-order valence-corrected chi connectivity index (χ2v) is 5.57. The van der Waals surface area contributed by atoms with Gasteiger partial charge in [0.15, 0.2) is 0 Å². The van der Waals surface area contributed by atoms with Crippen molar-refractivity contribution in [2.24, 2.45) is 0 Å². The molecule has 2 aliphatic rings. The molecule has 4 heteroatoms. The summed E-state index contributed by atoms with van der Waals surface area (Å²) < 4.78 is 5.10. The smallest absolute Gasteiger partial charge is 0.417 e. The maximum absolute atomic E-state index is 12.6. The van der Waals surface area contributed by atoms with E-state index in [1.165, 1.54) is 4.90 Å².